The van der Waals surface area contributed by atoms with Crippen molar-refractivity contribution < 1.29 is 14.4 Å². The number of aryl methyl sites for hydroxylation is 1. The number of rotatable bonds is 6. The summed E-state index contributed by atoms with van der Waals surface area (Å²) in [6.07, 6.45) is 0.699. The lowest BCUT2D eigenvalue weighted by atomic mass is 10.5. The van der Waals surface area contributed by atoms with Crippen molar-refractivity contribution >= 4 is 17.7 Å². The van der Waals surface area contributed by atoms with Crippen LogP contribution in [0.1, 0.15) is 18.6 Å². The van der Waals surface area contributed by atoms with Gasteiger partial charge in [0.25, 0.3) is 0 Å². The van der Waals surface area contributed by atoms with Crippen molar-refractivity contribution in [2.75, 3.05) is 0 Å². The molecule has 0 fully saturated rings. The second-order valence-corrected chi connectivity index (χ2v) is 4.20. The maximum atomic E-state index is 10.6. The molecule has 0 atom stereocenters. The minimum atomic E-state index is -1.00. The van der Waals surface area contributed by atoms with Gasteiger partial charge in [-0.25, -0.2) is 4.68 Å². The van der Waals surface area contributed by atoms with Crippen LogP contribution in [0.5, 0.6) is 0 Å². The predicted octanol–water partition coefficient (Wildman–Crippen LogP) is -0.00460. The third-order valence-corrected chi connectivity index (χ3v) is 2.88. The van der Waals surface area contributed by atoms with Gasteiger partial charge in [0, 0.05) is 6.42 Å². The first-order valence-corrected chi connectivity index (χ1v) is 6.09. The van der Waals surface area contributed by atoms with E-state index in [0.717, 1.165) is 0 Å². The molecule has 1 N–H and O–H groups in total. The molecule has 2 heterocycles. The molecule has 2 aromatic rings. The smallest absolute Gasteiger partial charge is 0.325 e. The van der Waals surface area contributed by atoms with Gasteiger partial charge >= 0.3 is 5.97 Å². The fourth-order valence-electron chi connectivity index (χ4n) is 1.15. The quantitative estimate of drug-likeness (QED) is 0.722. The minimum absolute atomic E-state index is 0.278. The van der Waals surface area contributed by atoms with Crippen molar-refractivity contribution in [1.82, 2.24) is 30.3 Å². The van der Waals surface area contributed by atoms with E-state index in [4.69, 9.17) is 9.63 Å². The van der Waals surface area contributed by atoms with Crippen LogP contribution in [0.2, 0.25) is 0 Å². The van der Waals surface area contributed by atoms with Gasteiger partial charge in [-0.3, -0.25) is 4.79 Å². The molecule has 0 bridgehead atoms. The fourth-order valence-corrected chi connectivity index (χ4v) is 1.86. The molecule has 0 aromatic carbocycles. The van der Waals surface area contributed by atoms with Gasteiger partial charge in [0.2, 0.25) is 11.0 Å². The minimum Gasteiger partial charge on any atom is -0.480 e. The monoisotopic (exact) mass is 270 g/mol. The van der Waals surface area contributed by atoms with Gasteiger partial charge in [-0.05, 0) is 10.4 Å². The molecule has 0 saturated carbocycles. The summed E-state index contributed by atoms with van der Waals surface area (Å²) in [6.45, 7) is 1.65. The highest BCUT2D eigenvalue weighted by atomic mass is 32.2. The molecule has 0 aliphatic heterocycles. The van der Waals surface area contributed by atoms with E-state index in [2.05, 4.69) is 25.7 Å². The number of hydrogen-bond acceptors (Lipinski definition) is 8. The van der Waals surface area contributed by atoms with Crippen molar-refractivity contribution in [3.63, 3.8) is 0 Å². The number of carbonyl (C=O) groups is 1. The number of hydrogen-bond donors (Lipinski definition) is 1. The Balaban J connectivity index is 1.97. The number of aliphatic carboxylic acids is 1. The highest BCUT2D eigenvalue weighted by molar-refractivity contribution is 7.98. The molecule has 0 spiro atoms. The number of nitrogens with zero attached hydrogens (tertiary/aromatic N) is 6. The van der Waals surface area contributed by atoms with Gasteiger partial charge in [-0.1, -0.05) is 23.8 Å². The summed E-state index contributed by atoms with van der Waals surface area (Å²) in [6, 6.07) is 0. The molecule has 0 radical (unpaired) electrons. The zero-order valence-electron chi connectivity index (χ0n) is 9.48. The second kappa shape index (κ2) is 5.58. The molecule has 96 valence electrons. The Bertz CT molecular complexity index is 538. The van der Waals surface area contributed by atoms with Crippen LogP contribution >= 0.6 is 11.8 Å². The number of tetrazole rings is 1. The van der Waals surface area contributed by atoms with E-state index >= 15 is 0 Å². The summed E-state index contributed by atoms with van der Waals surface area (Å²) in [5.74, 6) is 0.486. The molecule has 9 nitrogen and oxygen atoms in total. The van der Waals surface area contributed by atoms with Crippen molar-refractivity contribution in [2.45, 2.75) is 30.8 Å². The summed E-state index contributed by atoms with van der Waals surface area (Å²) in [5.41, 5.74) is 0. The molecule has 10 heteroatoms. The van der Waals surface area contributed by atoms with E-state index in [0.29, 0.717) is 29.0 Å². The molecular formula is C8H10N6O3S. The van der Waals surface area contributed by atoms with Crippen LogP contribution in [0, 0.1) is 0 Å². The number of carboxylic acids is 1. The SMILES string of the molecule is CCc1noc(CSc2nnnn2CC(=O)O)n1. The van der Waals surface area contributed by atoms with E-state index in [9.17, 15) is 4.79 Å². The van der Waals surface area contributed by atoms with Crippen LogP contribution in [0.25, 0.3) is 0 Å². The lowest BCUT2D eigenvalue weighted by Crippen LogP contribution is -2.11. The normalized spacial score (nSPS) is 10.7. The molecule has 0 unspecified atom stereocenters. The Morgan fingerprint density at radius 1 is 1.56 bits per heavy atom. The third-order valence-electron chi connectivity index (χ3n) is 1.94. The number of aromatic nitrogens is 6. The Labute approximate surface area is 106 Å². The molecular weight excluding hydrogens is 260 g/mol. The molecule has 18 heavy (non-hydrogen) atoms. The van der Waals surface area contributed by atoms with E-state index in [1.54, 1.807) is 0 Å². The van der Waals surface area contributed by atoms with E-state index in [1.807, 2.05) is 6.92 Å². The van der Waals surface area contributed by atoms with Crippen LogP contribution < -0.4 is 0 Å². The standard InChI is InChI=1S/C8H10N6O3S/c1-2-5-9-6(17-11-5)4-18-8-10-12-13-14(8)3-7(15)16/h2-4H2,1H3,(H,15,16). The highest BCUT2D eigenvalue weighted by Gasteiger charge is 2.12. The van der Waals surface area contributed by atoms with Crippen molar-refractivity contribution in [2.24, 2.45) is 0 Å². The Morgan fingerprint density at radius 3 is 3.06 bits per heavy atom. The molecule has 0 aliphatic carbocycles. The Hall–Kier alpha value is -1.97. The van der Waals surface area contributed by atoms with Gasteiger partial charge in [0.15, 0.2) is 5.82 Å². The first-order chi connectivity index (χ1) is 8.69. The van der Waals surface area contributed by atoms with Gasteiger partial charge in [0.05, 0.1) is 5.75 Å². The maximum absolute atomic E-state index is 10.6. The van der Waals surface area contributed by atoms with Gasteiger partial charge in [-0.15, -0.1) is 5.10 Å². The van der Waals surface area contributed by atoms with Crippen molar-refractivity contribution in [1.29, 1.82) is 0 Å². The molecule has 2 aromatic heterocycles. The molecule has 0 amide bonds. The average Bonchev–Trinajstić information content (AvgIpc) is 2.94. The number of carboxylic acid groups (broad SMARTS) is 1. The average molecular weight is 270 g/mol. The first-order valence-electron chi connectivity index (χ1n) is 5.11. The topological polar surface area (TPSA) is 120 Å². The van der Waals surface area contributed by atoms with E-state index in [1.165, 1.54) is 16.4 Å². The summed E-state index contributed by atoms with van der Waals surface area (Å²) in [7, 11) is 0. The zero-order chi connectivity index (χ0) is 13.0. The summed E-state index contributed by atoms with van der Waals surface area (Å²) in [5, 5.41) is 23.5. The molecule has 0 saturated heterocycles. The highest BCUT2D eigenvalue weighted by Crippen LogP contribution is 2.18. The van der Waals surface area contributed by atoms with Gasteiger partial charge in [-0.2, -0.15) is 4.98 Å². The lowest BCUT2D eigenvalue weighted by molar-refractivity contribution is -0.138. The largest absolute Gasteiger partial charge is 0.480 e. The summed E-state index contributed by atoms with van der Waals surface area (Å²) in [4.78, 5) is 14.7. The predicted molar refractivity (Wildman–Crippen MR) is 58.7 cm³/mol. The third kappa shape index (κ3) is 3.03. The van der Waals surface area contributed by atoms with Crippen LogP contribution in [0.3, 0.4) is 0 Å². The van der Waals surface area contributed by atoms with Crippen molar-refractivity contribution in [3.05, 3.63) is 11.7 Å². The zero-order valence-corrected chi connectivity index (χ0v) is 10.3. The summed E-state index contributed by atoms with van der Waals surface area (Å²) < 4.78 is 6.20. The fraction of sp³-hybridized carbons (Fsp3) is 0.500. The summed E-state index contributed by atoms with van der Waals surface area (Å²) >= 11 is 1.24. The number of thioether (sulfide) groups is 1. The second-order valence-electron chi connectivity index (χ2n) is 3.26. The van der Waals surface area contributed by atoms with Crippen LogP contribution in [0.15, 0.2) is 9.68 Å². The van der Waals surface area contributed by atoms with Crippen LogP contribution in [0.4, 0.5) is 0 Å². The van der Waals surface area contributed by atoms with E-state index in [-0.39, 0.29) is 6.54 Å². The van der Waals surface area contributed by atoms with Crippen molar-refractivity contribution in [3.8, 4) is 0 Å². The van der Waals surface area contributed by atoms with E-state index < -0.39 is 5.97 Å². The lowest BCUT2D eigenvalue weighted by Gasteiger charge is -1.98. The van der Waals surface area contributed by atoms with Crippen LogP contribution in [-0.4, -0.2) is 41.4 Å². The van der Waals surface area contributed by atoms with Gasteiger partial charge < -0.3 is 9.63 Å². The molecule has 2 rings (SSSR count). The van der Waals surface area contributed by atoms with Gasteiger partial charge in [0.1, 0.15) is 6.54 Å². The first kappa shape index (κ1) is 12.5. The molecule has 0 aliphatic rings. The van der Waals surface area contributed by atoms with Crippen LogP contribution in [-0.2, 0) is 23.5 Å². The Morgan fingerprint density at radius 2 is 2.39 bits per heavy atom. The maximum Gasteiger partial charge on any atom is 0.325 e. The Kier molecular flexibility index (Phi) is 3.87.